The number of urea groups is 1. The molecule has 0 bridgehead atoms. The van der Waals surface area contributed by atoms with Gasteiger partial charge in [-0.3, -0.25) is 0 Å². The first-order valence-corrected chi connectivity index (χ1v) is 7.99. The predicted molar refractivity (Wildman–Crippen MR) is 94.6 cm³/mol. The highest BCUT2D eigenvalue weighted by molar-refractivity contribution is 5.91. The number of hydrogen-bond acceptors (Lipinski definition) is 5. The van der Waals surface area contributed by atoms with Crippen LogP contribution in [0.2, 0.25) is 0 Å². The van der Waals surface area contributed by atoms with Gasteiger partial charge in [-0.05, 0) is 30.7 Å². The van der Waals surface area contributed by atoms with Crippen molar-refractivity contribution in [2.45, 2.75) is 25.9 Å². The van der Waals surface area contributed by atoms with Gasteiger partial charge in [0.25, 0.3) is 0 Å². The molecule has 4 N–H and O–H groups in total. The number of aliphatic imine (C=N–C) groups is 1. The molecule has 0 radical (unpaired) electrons. The maximum Gasteiger partial charge on any atom is 0.319 e. The van der Waals surface area contributed by atoms with E-state index in [-0.39, 0.29) is 12.2 Å². The monoisotopic (exact) mass is 327 g/mol. The zero-order valence-electron chi connectivity index (χ0n) is 13.5. The van der Waals surface area contributed by atoms with E-state index in [4.69, 9.17) is 10.2 Å². The van der Waals surface area contributed by atoms with Crippen molar-refractivity contribution in [1.29, 1.82) is 0 Å². The van der Waals surface area contributed by atoms with Crippen LogP contribution in [-0.4, -0.2) is 18.9 Å². The summed E-state index contributed by atoms with van der Waals surface area (Å²) in [6.45, 7) is 2.74. The highest BCUT2D eigenvalue weighted by Gasteiger charge is 2.24. The molecule has 126 valence electrons. The van der Waals surface area contributed by atoms with Crippen molar-refractivity contribution >= 4 is 29.6 Å². The maximum absolute atomic E-state index is 11.9. The van der Waals surface area contributed by atoms with Crippen molar-refractivity contribution in [2.75, 3.05) is 16.8 Å². The third-order valence-corrected chi connectivity index (χ3v) is 3.81. The fraction of sp³-hybridized carbons (Fsp3) is 0.294. The topological polar surface area (TPSA) is 95.9 Å². The van der Waals surface area contributed by atoms with Crippen molar-refractivity contribution in [3.8, 4) is 0 Å². The second kappa shape index (κ2) is 7.18. The summed E-state index contributed by atoms with van der Waals surface area (Å²) in [4.78, 5) is 18.0. The van der Waals surface area contributed by atoms with E-state index < -0.39 is 0 Å². The van der Waals surface area contributed by atoms with Crippen LogP contribution in [-0.2, 0) is 0 Å². The van der Waals surface area contributed by atoms with E-state index in [1.807, 2.05) is 35.2 Å². The van der Waals surface area contributed by atoms with Crippen molar-refractivity contribution in [1.82, 2.24) is 5.32 Å². The predicted octanol–water partition coefficient (Wildman–Crippen LogP) is 3.34. The average molecular weight is 327 g/mol. The number of anilines is 2. The summed E-state index contributed by atoms with van der Waals surface area (Å²) >= 11 is 0. The van der Waals surface area contributed by atoms with E-state index >= 15 is 0 Å². The largest absolute Gasteiger partial charge is 0.446 e. The lowest BCUT2D eigenvalue weighted by Gasteiger charge is -2.29. The van der Waals surface area contributed by atoms with E-state index in [1.54, 1.807) is 12.6 Å². The molecule has 7 nitrogen and oxygen atoms in total. The van der Waals surface area contributed by atoms with Crippen molar-refractivity contribution in [3.63, 3.8) is 0 Å². The molecule has 7 heteroatoms. The lowest BCUT2D eigenvalue weighted by atomic mass is 10.2. The molecule has 24 heavy (non-hydrogen) atoms. The molecule has 2 heterocycles. The Bertz CT molecular complexity index is 740. The normalized spacial score (nSPS) is 15.9. The minimum atomic E-state index is -0.384. The van der Waals surface area contributed by atoms with Crippen LogP contribution in [0.15, 0.2) is 46.0 Å². The van der Waals surface area contributed by atoms with Crippen LogP contribution < -0.4 is 21.3 Å². The van der Waals surface area contributed by atoms with Gasteiger partial charge < -0.3 is 25.7 Å². The summed E-state index contributed by atoms with van der Waals surface area (Å²) in [5.41, 5.74) is 8.63. The first-order valence-electron chi connectivity index (χ1n) is 7.99. The number of amides is 2. The Hall–Kier alpha value is -2.80. The Labute approximate surface area is 140 Å². The second-order valence-corrected chi connectivity index (χ2v) is 5.56. The minimum Gasteiger partial charge on any atom is -0.446 e. The number of nitrogens with one attached hydrogen (secondary N) is 2. The van der Waals surface area contributed by atoms with Gasteiger partial charge in [0.2, 0.25) is 5.88 Å². The van der Waals surface area contributed by atoms with Crippen LogP contribution in [0.4, 0.5) is 22.1 Å². The molecule has 0 aliphatic carbocycles. The number of carbonyl (C=O) groups is 1. The fourth-order valence-corrected chi connectivity index (χ4v) is 2.50. The molecule has 1 aliphatic rings. The van der Waals surface area contributed by atoms with Crippen molar-refractivity contribution < 1.29 is 9.21 Å². The number of furan rings is 1. The molecule has 0 saturated heterocycles. The molecule has 1 aromatic carbocycles. The van der Waals surface area contributed by atoms with Crippen LogP contribution in [0.25, 0.3) is 0 Å². The standard InChI is InChI=1S/C17H21N5O2/c1-2-3-8-19-17(23)21-12-5-4-6-13(10-12)22-11-20-16-14(15(22)18)7-9-24-16/h4-7,9-11,15H,2-3,8,18H2,1H3,(H2,19,21,23). The first kappa shape index (κ1) is 16.1. The Balaban J connectivity index is 1.71. The van der Waals surface area contributed by atoms with E-state index in [0.717, 1.165) is 24.1 Å². The molecule has 1 unspecified atom stereocenters. The molecule has 0 spiro atoms. The maximum atomic E-state index is 11.9. The number of unbranched alkanes of at least 4 members (excludes halogenated alkanes) is 1. The van der Waals surface area contributed by atoms with Crippen LogP contribution >= 0.6 is 0 Å². The second-order valence-electron chi connectivity index (χ2n) is 5.56. The molecular weight excluding hydrogens is 306 g/mol. The smallest absolute Gasteiger partial charge is 0.319 e. The summed E-state index contributed by atoms with van der Waals surface area (Å²) in [6, 6.07) is 9.07. The molecule has 1 atom stereocenters. The van der Waals surface area contributed by atoms with Crippen LogP contribution in [0.5, 0.6) is 0 Å². The highest BCUT2D eigenvalue weighted by Crippen LogP contribution is 2.34. The molecule has 2 aromatic rings. The van der Waals surface area contributed by atoms with Gasteiger partial charge in [-0.25, -0.2) is 9.79 Å². The number of hydrogen-bond donors (Lipinski definition) is 3. The van der Waals surface area contributed by atoms with Crippen LogP contribution in [0.3, 0.4) is 0 Å². The number of nitrogens with zero attached hydrogens (tertiary/aromatic N) is 2. The summed E-state index contributed by atoms with van der Waals surface area (Å²) in [5, 5.41) is 5.65. The minimum absolute atomic E-state index is 0.214. The van der Waals surface area contributed by atoms with Crippen molar-refractivity contribution in [2.24, 2.45) is 10.7 Å². The van der Waals surface area contributed by atoms with E-state index in [2.05, 4.69) is 22.5 Å². The first-order chi connectivity index (χ1) is 11.7. The van der Waals surface area contributed by atoms with Crippen LogP contribution in [0.1, 0.15) is 31.5 Å². The number of fused-ring (bicyclic) bond motifs is 1. The Morgan fingerprint density at radius 1 is 1.42 bits per heavy atom. The Kier molecular flexibility index (Phi) is 4.81. The zero-order valence-corrected chi connectivity index (χ0v) is 13.5. The number of benzene rings is 1. The van der Waals surface area contributed by atoms with Gasteiger partial charge in [0.15, 0.2) is 0 Å². The van der Waals surface area contributed by atoms with Gasteiger partial charge in [-0.2, -0.15) is 0 Å². The van der Waals surface area contributed by atoms with E-state index in [0.29, 0.717) is 18.1 Å². The summed E-state index contributed by atoms with van der Waals surface area (Å²) < 4.78 is 5.26. The average Bonchev–Trinajstić information content (AvgIpc) is 3.05. The number of carbonyl (C=O) groups excluding carboxylic acids is 1. The lowest BCUT2D eigenvalue weighted by Crippen LogP contribution is -2.35. The fourth-order valence-electron chi connectivity index (χ4n) is 2.50. The summed E-state index contributed by atoms with van der Waals surface area (Å²) in [7, 11) is 0. The summed E-state index contributed by atoms with van der Waals surface area (Å²) in [6.07, 6.45) is 4.82. The van der Waals surface area contributed by atoms with Gasteiger partial charge in [-0.1, -0.05) is 19.4 Å². The SMILES string of the molecule is CCCCNC(=O)Nc1cccc(N2C=Nc3occc3C2N)c1. The van der Waals surface area contributed by atoms with Gasteiger partial charge in [0.05, 0.1) is 11.8 Å². The third kappa shape index (κ3) is 3.41. The van der Waals surface area contributed by atoms with Gasteiger partial charge in [-0.15, -0.1) is 0 Å². The Morgan fingerprint density at radius 3 is 3.12 bits per heavy atom. The van der Waals surface area contributed by atoms with Gasteiger partial charge >= 0.3 is 6.03 Å². The summed E-state index contributed by atoms with van der Waals surface area (Å²) in [5.74, 6) is 0.531. The molecule has 1 aliphatic heterocycles. The van der Waals surface area contributed by atoms with Crippen molar-refractivity contribution in [3.05, 3.63) is 42.2 Å². The van der Waals surface area contributed by atoms with E-state index in [9.17, 15) is 4.79 Å². The molecule has 1 aromatic heterocycles. The third-order valence-electron chi connectivity index (χ3n) is 3.81. The quantitative estimate of drug-likeness (QED) is 0.734. The van der Waals surface area contributed by atoms with Crippen LogP contribution in [0, 0.1) is 0 Å². The lowest BCUT2D eigenvalue weighted by molar-refractivity contribution is 0.252. The molecule has 2 amide bonds. The molecule has 0 saturated carbocycles. The van der Waals surface area contributed by atoms with Gasteiger partial charge in [0, 0.05) is 17.9 Å². The number of nitrogens with two attached hydrogens (primary N) is 1. The molecule has 3 rings (SSSR count). The Morgan fingerprint density at radius 2 is 2.29 bits per heavy atom. The highest BCUT2D eigenvalue weighted by atomic mass is 16.3. The zero-order chi connectivity index (χ0) is 16.9. The number of rotatable bonds is 5. The van der Waals surface area contributed by atoms with E-state index in [1.165, 1.54) is 0 Å². The molecular formula is C17H21N5O2. The molecule has 0 fully saturated rings. The van der Waals surface area contributed by atoms with Gasteiger partial charge in [0.1, 0.15) is 12.5 Å².